The Kier molecular flexibility index (Phi) is 4.50. The number of likely N-dealkylation sites (tertiary alicyclic amines) is 1. The smallest absolute Gasteiger partial charge is 0.285 e. The Labute approximate surface area is 158 Å². The summed E-state index contributed by atoms with van der Waals surface area (Å²) in [4.78, 5) is 16.5. The molecule has 2 fully saturated rings. The largest absolute Gasteiger partial charge is 0.355 e. The molecule has 3 aliphatic heterocycles. The first-order chi connectivity index (χ1) is 12.8. The van der Waals surface area contributed by atoms with Crippen molar-refractivity contribution in [3.63, 3.8) is 0 Å². The quantitative estimate of drug-likeness (QED) is 0.649. The minimum Gasteiger partial charge on any atom is -0.355 e. The van der Waals surface area contributed by atoms with Crippen molar-refractivity contribution in [3.05, 3.63) is 29.8 Å². The minimum absolute atomic E-state index is 0.00744. The number of piperidine rings is 1. The molecule has 10 heteroatoms. The van der Waals surface area contributed by atoms with Crippen molar-refractivity contribution in [3.8, 4) is 0 Å². The Morgan fingerprint density at radius 2 is 1.74 bits per heavy atom. The van der Waals surface area contributed by atoms with Gasteiger partial charge in [0.05, 0.1) is 17.4 Å². The molecule has 1 aromatic carbocycles. The van der Waals surface area contributed by atoms with Gasteiger partial charge in [0, 0.05) is 31.7 Å². The normalized spacial score (nSPS) is 26.4. The summed E-state index contributed by atoms with van der Waals surface area (Å²) in [6.45, 7) is 1.50. The number of nitrogens with zero attached hydrogens (tertiary/aromatic N) is 3. The van der Waals surface area contributed by atoms with Crippen LogP contribution in [0.15, 0.2) is 33.6 Å². The molecule has 1 unspecified atom stereocenters. The molecule has 0 spiro atoms. The predicted molar refractivity (Wildman–Crippen MR) is 99.7 cm³/mol. The van der Waals surface area contributed by atoms with E-state index >= 15 is 0 Å². The molecule has 0 bridgehead atoms. The third kappa shape index (κ3) is 3.47. The van der Waals surface area contributed by atoms with Crippen molar-refractivity contribution in [1.29, 1.82) is 0 Å². The lowest BCUT2D eigenvalue weighted by atomic mass is 9.95. The predicted octanol–water partition coefficient (Wildman–Crippen LogP) is 0.105. The Morgan fingerprint density at radius 1 is 1.04 bits per heavy atom. The molecule has 0 radical (unpaired) electrons. The molecule has 3 aliphatic rings. The van der Waals surface area contributed by atoms with Gasteiger partial charge in [0.15, 0.2) is 15.7 Å². The number of carbonyl (C=O) groups excluding carboxylic acids is 1. The summed E-state index contributed by atoms with van der Waals surface area (Å²) >= 11 is 0. The number of amidine groups is 1. The Hall–Kier alpha value is -1.94. The van der Waals surface area contributed by atoms with Crippen molar-refractivity contribution in [2.24, 2.45) is 10.3 Å². The maximum Gasteiger partial charge on any atom is 0.285 e. The Bertz CT molecular complexity index is 1000. The fourth-order valence-electron chi connectivity index (χ4n) is 3.88. The molecule has 0 saturated carbocycles. The van der Waals surface area contributed by atoms with Crippen LogP contribution in [0.5, 0.6) is 0 Å². The highest BCUT2D eigenvalue weighted by molar-refractivity contribution is 7.91. The highest BCUT2D eigenvalue weighted by Crippen LogP contribution is 2.30. The summed E-state index contributed by atoms with van der Waals surface area (Å²) in [6, 6.07) is 6.72. The highest BCUT2D eigenvalue weighted by atomic mass is 32.2. The van der Waals surface area contributed by atoms with Crippen LogP contribution in [-0.4, -0.2) is 76.1 Å². The first-order valence-corrected chi connectivity index (χ1v) is 12.2. The summed E-state index contributed by atoms with van der Waals surface area (Å²) < 4.78 is 51.7. The van der Waals surface area contributed by atoms with E-state index in [1.165, 1.54) is 0 Å². The summed E-state index contributed by atoms with van der Waals surface area (Å²) in [7, 11) is -6.73. The number of rotatable bonds is 1. The van der Waals surface area contributed by atoms with Gasteiger partial charge < -0.3 is 9.80 Å². The van der Waals surface area contributed by atoms with Gasteiger partial charge in [0.2, 0.25) is 5.91 Å². The van der Waals surface area contributed by atoms with Crippen LogP contribution in [0.4, 0.5) is 0 Å². The number of hydrogen-bond acceptors (Lipinski definition) is 6. The molecule has 8 nitrogen and oxygen atoms in total. The number of amides is 1. The lowest BCUT2D eigenvalue weighted by molar-refractivity contribution is -0.136. The summed E-state index contributed by atoms with van der Waals surface area (Å²) in [5.41, 5.74) is 0.578. The van der Waals surface area contributed by atoms with Crippen LogP contribution in [0.3, 0.4) is 0 Å². The standard InChI is InChI=1S/C17H21N3O5S2/c21-17(19-8-10-26(22,23)11-9-19)13-4-3-7-20(12-13)16-14-5-1-2-6-15(14)27(24,25)18-16/h1-2,5-6,13H,3-4,7-12H2. The molecule has 1 aromatic rings. The average Bonchev–Trinajstić information content (AvgIpc) is 2.93. The van der Waals surface area contributed by atoms with Crippen LogP contribution in [0.25, 0.3) is 0 Å². The zero-order chi connectivity index (χ0) is 19.2. The van der Waals surface area contributed by atoms with Crippen LogP contribution < -0.4 is 0 Å². The fourth-order valence-corrected chi connectivity index (χ4v) is 6.31. The first kappa shape index (κ1) is 18.4. The summed E-state index contributed by atoms with van der Waals surface area (Å²) in [5.74, 6) is 0.0902. The molecule has 0 N–H and O–H groups in total. The van der Waals surface area contributed by atoms with Gasteiger partial charge in [-0.2, -0.15) is 8.42 Å². The fraction of sp³-hybridized carbons (Fsp3) is 0.529. The van der Waals surface area contributed by atoms with E-state index in [-0.39, 0.29) is 41.3 Å². The number of hydrogen-bond donors (Lipinski definition) is 0. The Balaban J connectivity index is 1.52. The molecule has 146 valence electrons. The van der Waals surface area contributed by atoms with Crippen LogP contribution in [-0.2, 0) is 24.7 Å². The number of sulfone groups is 1. The van der Waals surface area contributed by atoms with E-state index in [0.717, 1.165) is 6.42 Å². The van der Waals surface area contributed by atoms with Crippen molar-refractivity contribution in [1.82, 2.24) is 9.80 Å². The molecule has 0 aliphatic carbocycles. The van der Waals surface area contributed by atoms with Crippen molar-refractivity contribution in [2.75, 3.05) is 37.7 Å². The van der Waals surface area contributed by atoms with Crippen LogP contribution in [0, 0.1) is 5.92 Å². The molecule has 2 saturated heterocycles. The number of sulfonamides is 1. The van der Waals surface area contributed by atoms with E-state index in [1.807, 2.05) is 4.90 Å². The molecule has 27 heavy (non-hydrogen) atoms. The minimum atomic E-state index is -3.69. The number of fused-ring (bicyclic) bond motifs is 1. The molecule has 4 rings (SSSR count). The van der Waals surface area contributed by atoms with Crippen molar-refractivity contribution in [2.45, 2.75) is 17.7 Å². The monoisotopic (exact) mass is 411 g/mol. The summed E-state index contributed by atoms with van der Waals surface area (Å²) in [5, 5.41) is 0. The number of carbonyl (C=O) groups is 1. The highest BCUT2D eigenvalue weighted by Gasteiger charge is 2.37. The topological polar surface area (TPSA) is 104 Å². The molecule has 0 aromatic heterocycles. The van der Waals surface area contributed by atoms with Gasteiger partial charge in [-0.3, -0.25) is 4.79 Å². The van der Waals surface area contributed by atoms with Gasteiger partial charge in [0.1, 0.15) is 4.90 Å². The van der Waals surface area contributed by atoms with Gasteiger partial charge in [-0.1, -0.05) is 12.1 Å². The maximum atomic E-state index is 12.8. The zero-order valence-electron chi connectivity index (χ0n) is 14.7. The zero-order valence-corrected chi connectivity index (χ0v) is 16.4. The third-order valence-electron chi connectivity index (χ3n) is 5.34. The first-order valence-electron chi connectivity index (χ1n) is 8.95. The van der Waals surface area contributed by atoms with Crippen LogP contribution in [0.2, 0.25) is 0 Å². The second kappa shape index (κ2) is 6.59. The van der Waals surface area contributed by atoms with Gasteiger partial charge in [-0.05, 0) is 25.0 Å². The van der Waals surface area contributed by atoms with E-state index in [1.54, 1.807) is 29.2 Å². The van der Waals surface area contributed by atoms with Crippen LogP contribution >= 0.6 is 0 Å². The molecular formula is C17H21N3O5S2. The SMILES string of the molecule is O=C(C1CCCN(C2=NS(=O)(=O)c3ccccc32)C1)N1CCS(=O)(=O)CC1. The summed E-state index contributed by atoms with van der Waals surface area (Å²) in [6.07, 6.45) is 1.46. The van der Waals surface area contributed by atoms with E-state index in [2.05, 4.69) is 4.40 Å². The average molecular weight is 412 g/mol. The van der Waals surface area contributed by atoms with E-state index in [9.17, 15) is 21.6 Å². The van der Waals surface area contributed by atoms with E-state index in [4.69, 9.17) is 0 Å². The Morgan fingerprint density at radius 3 is 2.48 bits per heavy atom. The van der Waals surface area contributed by atoms with Gasteiger partial charge in [-0.15, -0.1) is 4.40 Å². The maximum absolute atomic E-state index is 12.8. The molecule has 1 amide bonds. The number of benzene rings is 1. The van der Waals surface area contributed by atoms with Crippen LogP contribution in [0.1, 0.15) is 18.4 Å². The molecule has 1 atom stereocenters. The second-order valence-electron chi connectivity index (χ2n) is 7.15. The van der Waals surface area contributed by atoms with Crippen molar-refractivity contribution >= 4 is 31.6 Å². The van der Waals surface area contributed by atoms with Gasteiger partial charge in [-0.25, -0.2) is 8.42 Å². The van der Waals surface area contributed by atoms with E-state index in [0.29, 0.717) is 30.9 Å². The lowest BCUT2D eigenvalue weighted by Crippen LogP contribution is -2.50. The van der Waals surface area contributed by atoms with Crippen molar-refractivity contribution < 1.29 is 21.6 Å². The van der Waals surface area contributed by atoms with Gasteiger partial charge in [0.25, 0.3) is 10.0 Å². The second-order valence-corrected chi connectivity index (χ2v) is 11.0. The van der Waals surface area contributed by atoms with E-state index < -0.39 is 19.9 Å². The van der Waals surface area contributed by atoms with Gasteiger partial charge >= 0.3 is 0 Å². The lowest BCUT2D eigenvalue weighted by Gasteiger charge is -2.37. The molecular weight excluding hydrogens is 390 g/mol. The third-order valence-corrected chi connectivity index (χ3v) is 8.27. The molecule has 3 heterocycles.